The molecule has 0 bridgehead atoms. The average molecular weight is 429 g/mol. The molecule has 5 nitrogen and oxygen atoms in total. The van der Waals surface area contributed by atoms with E-state index in [1.807, 2.05) is 27.7 Å². The van der Waals surface area contributed by atoms with Crippen LogP contribution in [0.25, 0.3) is 10.9 Å². The predicted octanol–water partition coefficient (Wildman–Crippen LogP) is 5.73. The molecule has 0 N–H and O–H groups in total. The van der Waals surface area contributed by atoms with Crippen LogP contribution in [0.1, 0.15) is 69.7 Å². The van der Waals surface area contributed by atoms with E-state index < -0.39 is 5.60 Å². The molecule has 2 aromatic rings. The number of benzene rings is 1. The average Bonchev–Trinajstić information content (AvgIpc) is 2.93. The molecule has 1 amide bonds. The number of fused-ring (bicyclic) bond motifs is 2. The summed E-state index contributed by atoms with van der Waals surface area (Å²) in [5.74, 6) is 0.398. The number of rotatable bonds is 2. The second-order valence-corrected chi connectivity index (χ2v) is 9.78. The lowest BCUT2D eigenvalue weighted by molar-refractivity contribution is 0.0258. The van der Waals surface area contributed by atoms with Crippen molar-refractivity contribution in [3.8, 4) is 5.75 Å². The highest BCUT2D eigenvalue weighted by atomic mass is 19.1. The van der Waals surface area contributed by atoms with Gasteiger partial charge in [-0.3, -0.25) is 0 Å². The van der Waals surface area contributed by atoms with Gasteiger partial charge < -0.3 is 14.4 Å². The van der Waals surface area contributed by atoms with E-state index in [-0.39, 0.29) is 18.0 Å². The zero-order valence-corrected chi connectivity index (χ0v) is 19.1. The molecule has 168 valence electrons. The van der Waals surface area contributed by atoms with Crippen LogP contribution in [0, 0.1) is 12.7 Å². The quantitative estimate of drug-likeness (QED) is 0.613. The van der Waals surface area contributed by atoms with E-state index in [1.165, 1.54) is 25.3 Å². The highest BCUT2D eigenvalue weighted by Crippen LogP contribution is 2.35. The van der Waals surface area contributed by atoms with Crippen molar-refractivity contribution in [2.75, 3.05) is 13.1 Å². The van der Waals surface area contributed by atoms with Gasteiger partial charge in [0.05, 0.1) is 6.10 Å². The topological polar surface area (TPSA) is 51.7 Å². The fourth-order valence-corrected chi connectivity index (χ4v) is 4.69. The number of carbonyl (C=O) groups is 1. The minimum Gasteiger partial charge on any atom is -0.488 e. The normalized spacial score (nSPS) is 17.9. The Kier molecular flexibility index (Phi) is 6.09. The number of halogens is 1. The van der Waals surface area contributed by atoms with Crippen molar-refractivity contribution in [1.29, 1.82) is 0 Å². The van der Waals surface area contributed by atoms with E-state index in [9.17, 15) is 9.18 Å². The van der Waals surface area contributed by atoms with E-state index in [0.29, 0.717) is 42.6 Å². The number of hydrogen-bond donors (Lipinski definition) is 0. The summed E-state index contributed by atoms with van der Waals surface area (Å²) in [6.45, 7) is 8.63. The third-order valence-electron chi connectivity index (χ3n) is 6.26. The van der Waals surface area contributed by atoms with E-state index in [2.05, 4.69) is 0 Å². The van der Waals surface area contributed by atoms with Crippen LogP contribution in [-0.4, -0.2) is 40.8 Å². The van der Waals surface area contributed by atoms with Crippen molar-refractivity contribution >= 4 is 17.0 Å². The lowest BCUT2D eigenvalue weighted by Crippen LogP contribution is -2.38. The third-order valence-corrected chi connectivity index (χ3v) is 6.26. The molecule has 1 aromatic heterocycles. The number of aryl methyl sites for hydroxylation is 1. The molecule has 0 saturated heterocycles. The number of pyridine rings is 1. The maximum absolute atomic E-state index is 14.9. The minimum atomic E-state index is -0.534. The summed E-state index contributed by atoms with van der Waals surface area (Å²) in [5, 5.41) is 0.540. The zero-order valence-electron chi connectivity index (χ0n) is 19.1. The van der Waals surface area contributed by atoms with Gasteiger partial charge in [-0.25, -0.2) is 14.2 Å². The Morgan fingerprint density at radius 2 is 1.84 bits per heavy atom. The summed E-state index contributed by atoms with van der Waals surface area (Å²) in [4.78, 5) is 19.2. The van der Waals surface area contributed by atoms with Gasteiger partial charge >= 0.3 is 6.09 Å². The molecule has 0 spiro atoms. The van der Waals surface area contributed by atoms with Gasteiger partial charge in [-0.1, -0.05) is 6.42 Å². The van der Waals surface area contributed by atoms with Crippen molar-refractivity contribution in [3.63, 3.8) is 0 Å². The van der Waals surface area contributed by atoms with E-state index in [1.54, 1.807) is 11.0 Å². The molecule has 31 heavy (non-hydrogen) atoms. The van der Waals surface area contributed by atoms with Gasteiger partial charge in [-0.15, -0.1) is 0 Å². The second-order valence-electron chi connectivity index (χ2n) is 9.78. The van der Waals surface area contributed by atoms with E-state index in [0.717, 1.165) is 29.7 Å². The Hall–Kier alpha value is -2.37. The van der Waals surface area contributed by atoms with Crippen LogP contribution in [-0.2, 0) is 17.6 Å². The molecule has 1 aliphatic carbocycles. The Labute approximate surface area is 183 Å². The van der Waals surface area contributed by atoms with E-state index >= 15 is 0 Å². The van der Waals surface area contributed by atoms with Gasteiger partial charge in [0, 0.05) is 30.6 Å². The first kappa shape index (κ1) is 21.8. The summed E-state index contributed by atoms with van der Waals surface area (Å²) in [6.07, 6.45) is 6.78. The van der Waals surface area contributed by atoms with Crippen LogP contribution >= 0.6 is 0 Å². The van der Waals surface area contributed by atoms with Crippen molar-refractivity contribution in [2.24, 2.45) is 0 Å². The molecular weight excluding hydrogens is 395 g/mol. The first-order chi connectivity index (χ1) is 14.7. The van der Waals surface area contributed by atoms with E-state index in [4.69, 9.17) is 14.5 Å². The molecule has 6 heteroatoms. The molecule has 1 saturated carbocycles. The number of nitrogens with zero attached hydrogens (tertiary/aromatic N) is 2. The summed E-state index contributed by atoms with van der Waals surface area (Å²) < 4.78 is 26.7. The summed E-state index contributed by atoms with van der Waals surface area (Å²) in [7, 11) is 0. The lowest BCUT2D eigenvalue weighted by atomic mass is 9.97. The van der Waals surface area contributed by atoms with Gasteiger partial charge in [0.1, 0.15) is 22.7 Å². The highest BCUT2D eigenvalue weighted by Gasteiger charge is 2.27. The lowest BCUT2D eigenvalue weighted by Gasteiger charge is -2.26. The smallest absolute Gasteiger partial charge is 0.410 e. The van der Waals surface area contributed by atoms with Gasteiger partial charge in [0.15, 0.2) is 0 Å². The van der Waals surface area contributed by atoms with Crippen LogP contribution in [0.2, 0.25) is 0 Å². The van der Waals surface area contributed by atoms with Crippen LogP contribution in [0.5, 0.6) is 5.75 Å². The first-order valence-electron chi connectivity index (χ1n) is 11.5. The van der Waals surface area contributed by atoms with Crippen molar-refractivity contribution in [2.45, 2.75) is 84.3 Å². The predicted molar refractivity (Wildman–Crippen MR) is 119 cm³/mol. The van der Waals surface area contributed by atoms with Crippen molar-refractivity contribution < 1.29 is 18.7 Å². The molecule has 2 aliphatic rings. The standard InChI is InChI=1S/C25H33FN2O3/c1-16-18-12-14-28(24(29)31-25(2,3)4)15-13-20(18)27-23-21(11-10-19(26)22(16)23)30-17-8-6-5-7-9-17/h10-11,17H,5-9,12-15H2,1-4H3. The largest absolute Gasteiger partial charge is 0.488 e. The second kappa shape index (κ2) is 8.64. The number of aromatic nitrogens is 1. The summed E-state index contributed by atoms with van der Waals surface area (Å²) in [6, 6.07) is 3.21. The fourth-order valence-electron chi connectivity index (χ4n) is 4.69. The van der Waals surface area contributed by atoms with Gasteiger partial charge in [-0.2, -0.15) is 0 Å². The number of hydrogen-bond acceptors (Lipinski definition) is 4. The monoisotopic (exact) mass is 428 g/mol. The molecule has 1 aromatic carbocycles. The number of ether oxygens (including phenoxy) is 2. The van der Waals surface area contributed by atoms with Gasteiger partial charge in [0.2, 0.25) is 0 Å². The number of amides is 1. The summed E-state index contributed by atoms with van der Waals surface area (Å²) in [5.41, 5.74) is 2.93. The van der Waals surface area contributed by atoms with Crippen LogP contribution in [0.4, 0.5) is 9.18 Å². The minimum absolute atomic E-state index is 0.172. The zero-order chi connectivity index (χ0) is 22.2. The SMILES string of the molecule is Cc1c2c(nc3c(OC4CCCCC4)ccc(F)c13)CCN(C(=O)OC(C)(C)C)CC2. The van der Waals surface area contributed by atoms with Crippen molar-refractivity contribution in [1.82, 2.24) is 9.88 Å². The van der Waals surface area contributed by atoms with Gasteiger partial charge in [-0.05, 0) is 83.1 Å². The number of carbonyl (C=O) groups excluding carboxylic acids is 1. The fraction of sp³-hybridized carbons (Fsp3) is 0.600. The van der Waals surface area contributed by atoms with Crippen LogP contribution in [0.3, 0.4) is 0 Å². The van der Waals surface area contributed by atoms with Crippen LogP contribution in [0.15, 0.2) is 12.1 Å². The first-order valence-corrected chi connectivity index (χ1v) is 11.5. The maximum Gasteiger partial charge on any atom is 0.410 e. The maximum atomic E-state index is 14.9. The Bertz CT molecular complexity index is 977. The van der Waals surface area contributed by atoms with Crippen LogP contribution < -0.4 is 4.74 Å². The third kappa shape index (κ3) is 4.78. The molecule has 0 radical (unpaired) electrons. The highest BCUT2D eigenvalue weighted by molar-refractivity contribution is 5.89. The Morgan fingerprint density at radius 3 is 2.55 bits per heavy atom. The Morgan fingerprint density at radius 1 is 1.13 bits per heavy atom. The molecule has 2 heterocycles. The molecule has 0 atom stereocenters. The molecule has 1 fully saturated rings. The van der Waals surface area contributed by atoms with Gasteiger partial charge in [0.25, 0.3) is 0 Å². The molecule has 0 unspecified atom stereocenters. The molecular formula is C25H33FN2O3. The molecule has 4 rings (SSSR count). The summed E-state index contributed by atoms with van der Waals surface area (Å²) >= 11 is 0. The Balaban J connectivity index is 1.65. The molecule has 1 aliphatic heterocycles. The van der Waals surface area contributed by atoms with Crippen molar-refractivity contribution in [3.05, 3.63) is 34.8 Å².